The lowest BCUT2D eigenvalue weighted by atomic mass is 10.1. The summed E-state index contributed by atoms with van der Waals surface area (Å²) in [6.45, 7) is 0. The van der Waals surface area contributed by atoms with Crippen molar-refractivity contribution in [3.05, 3.63) is 52.3 Å². The first-order valence-corrected chi connectivity index (χ1v) is 6.52. The van der Waals surface area contributed by atoms with Crippen LogP contribution in [0.15, 0.2) is 30.3 Å². The van der Waals surface area contributed by atoms with Crippen LogP contribution in [0.3, 0.4) is 0 Å². The summed E-state index contributed by atoms with van der Waals surface area (Å²) in [7, 11) is 0. The van der Waals surface area contributed by atoms with Crippen molar-refractivity contribution in [2.75, 3.05) is 5.32 Å². The number of anilines is 1. The molecule has 0 spiro atoms. The van der Waals surface area contributed by atoms with Crippen LogP contribution in [0.1, 0.15) is 28.0 Å². The van der Waals surface area contributed by atoms with Gasteiger partial charge in [-0.3, -0.25) is 4.79 Å². The Labute approximate surface area is 115 Å². The summed E-state index contributed by atoms with van der Waals surface area (Å²) in [5, 5.41) is 10.5. The minimum Gasteiger partial charge on any atom is -0.321 e. The van der Waals surface area contributed by atoms with Gasteiger partial charge in [-0.2, -0.15) is 0 Å². The SMILES string of the molecule is O=C(Nc1ccc2c(c1)CCC2)c1ccc(Cl)nn1. The average Bonchev–Trinajstić information content (AvgIpc) is 2.87. The Kier molecular flexibility index (Phi) is 3.17. The number of hydrogen-bond donors (Lipinski definition) is 1. The Hall–Kier alpha value is -1.94. The number of rotatable bonds is 2. The number of carbonyl (C=O) groups excluding carboxylic acids is 1. The standard InChI is InChI=1S/C14H12ClN3O/c15-13-7-6-12(17-18-13)14(19)16-11-5-4-9-2-1-3-10(9)8-11/h4-8H,1-3H2,(H,16,19). The van der Waals surface area contributed by atoms with E-state index in [1.54, 1.807) is 12.1 Å². The second kappa shape index (κ2) is 4.97. The van der Waals surface area contributed by atoms with E-state index in [-0.39, 0.29) is 16.8 Å². The van der Waals surface area contributed by atoms with Gasteiger partial charge in [-0.25, -0.2) is 0 Å². The lowest BCUT2D eigenvalue weighted by molar-refractivity contribution is 0.102. The minimum absolute atomic E-state index is 0.255. The van der Waals surface area contributed by atoms with Crippen LogP contribution in [0.25, 0.3) is 0 Å². The zero-order valence-electron chi connectivity index (χ0n) is 10.2. The highest BCUT2D eigenvalue weighted by atomic mass is 35.5. The molecule has 0 fully saturated rings. The average molecular weight is 274 g/mol. The Morgan fingerprint density at radius 3 is 2.74 bits per heavy atom. The Morgan fingerprint density at radius 1 is 1.11 bits per heavy atom. The summed E-state index contributed by atoms with van der Waals surface area (Å²) in [5.74, 6) is -0.276. The molecule has 1 amide bonds. The molecule has 0 atom stereocenters. The molecule has 19 heavy (non-hydrogen) atoms. The van der Waals surface area contributed by atoms with E-state index in [0.29, 0.717) is 0 Å². The first kappa shape index (κ1) is 12.1. The first-order chi connectivity index (χ1) is 9.22. The maximum absolute atomic E-state index is 12.0. The third-order valence-corrected chi connectivity index (χ3v) is 3.42. The fourth-order valence-electron chi connectivity index (χ4n) is 2.28. The summed E-state index contributed by atoms with van der Waals surface area (Å²) in [4.78, 5) is 12.0. The van der Waals surface area contributed by atoms with Gasteiger partial charge in [-0.05, 0) is 54.7 Å². The van der Waals surface area contributed by atoms with E-state index in [2.05, 4.69) is 21.6 Å². The molecular formula is C14H12ClN3O. The number of aromatic nitrogens is 2. The molecule has 0 unspecified atom stereocenters. The summed E-state index contributed by atoms with van der Waals surface area (Å²) >= 11 is 5.64. The van der Waals surface area contributed by atoms with E-state index in [1.165, 1.54) is 17.5 Å². The van der Waals surface area contributed by atoms with E-state index < -0.39 is 0 Å². The van der Waals surface area contributed by atoms with Gasteiger partial charge < -0.3 is 5.32 Å². The first-order valence-electron chi connectivity index (χ1n) is 6.15. The lowest BCUT2D eigenvalue weighted by Gasteiger charge is -2.06. The smallest absolute Gasteiger partial charge is 0.276 e. The van der Waals surface area contributed by atoms with Crippen molar-refractivity contribution in [3.63, 3.8) is 0 Å². The molecule has 0 bridgehead atoms. The second-order valence-electron chi connectivity index (χ2n) is 4.53. The Morgan fingerprint density at radius 2 is 1.95 bits per heavy atom. The molecule has 1 aliphatic rings. The fourth-order valence-corrected chi connectivity index (χ4v) is 2.38. The van der Waals surface area contributed by atoms with Gasteiger partial charge in [0.25, 0.3) is 5.91 Å². The highest BCUT2D eigenvalue weighted by Gasteiger charge is 2.13. The molecule has 1 aliphatic carbocycles. The van der Waals surface area contributed by atoms with Crippen molar-refractivity contribution < 1.29 is 4.79 Å². The topological polar surface area (TPSA) is 54.9 Å². The molecule has 1 heterocycles. The third kappa shape index (κ3) is 2.58. The number of fused-ring (bicyclic) bond motifs is 1. The van der Waals surface area contributed by atoms with Gasteiger partial charge in [0.15, 0.2) is 10.8 Å². The molecular weight excluding hydrogens is 262 g/mol. The number of nitrogens with zero attached hydrogens (tertiary/aromatic N) is 2. The summed E-state index contributed by atoms with van der Waals surface area (Å²) in [6, 6.07) is 9.13. The van der Waals surface area contributed by atoms with Crippen molar-refractivity contribution in [2.45, 2.75) is 19.3 Å². The van der Waals surface area contributed by atoms with Crippen molar-refractivity contribution in [1.82, 2.24) is 10.2 Å². The quantitative estimate of drug-likeness (QED) is 0.915. The van der Waals surface area contributed by atoms with Crippen LogP contribution in [0, 0.1) is 0 Å². The van der Waals surface area contributed by atoms with Crippen LogP contribution in [0.5, 0.6) is 0 Å². The molecule has 1 aromatic carbocycles. The molecule has 2 aromatic rings. The Bertz CT molecular complexity index is 625. The van der Waals surface area contributed by atoms with E-state index in [0.717, 1.165) is 18.5 Å². The number of benzene rings is 1. The van der Waals surface area contributed by atoms with Crippen molar-refractivity contribution >= 4 is 23.2 Å². The molecule has 0 radical (unpaired) electrons. The predicted molar refractivity (Wildman–Crippen MR) is 73.5 cm³/mol. The van der Waals surface area contributed by atoms with Gasteiger partial charge in [0.2, 0.25) is 0 Å². The molecule has 1 N–H and O–H groups in total. The normalized spacial score (nSPS) is 13.1. The van der Waals surface area contributed by atoms with Gasteiger partial charge in [0, 0.05) is 5.69 Å². The number of halogens is 1. The maximum Gasteiger partial charge on any atom is 0.276 e. The molecule has 0 saturated heterocycles. The summed E-state index contributed by atoms with van der Waals surface area (Å²) in [6.07, 6.45) is 3.40. The number of nitrogens with one attached hydrogen (secondary N) is 1. The van der Waals surface area contributed by atoms with Gasteiger partial charge in [-0.15, -0.1) is 10.2 Å². The lowest BCUT2D eigenvalue weighted by Crippen LogP contribution is -2.14. The van der Waals surface area contributed by atoms with Crippen molar-refractivity contribution in [2.24, 2.45) is 0 Å². The summed E-state index contributed by atoms with van der Waals surface area (Å²) in [5.41, 5.74) is 3.75. The van der Waals surface area contributed by atoms with Gasteiger partial charge >= 0.3 is 0 Å². The van der Waals surface area contributed by atoms with E-state index >= 15 is 0 Å². The van der Waals surface area contributed by atoms with Crippen LogP contribution < -0.4 is 5.32 Å². The van der Waals surface area contributed by atoms with Gasteiger partial charge in [0.05, 0.1) is 0 Å². The van der Waals surface area contributed by atoms with Crippen LogP contribution in [-0.4, -0.2) is 16.1 Å². The maximum atomic E-state index is 12.0. The molecule has 0 saturated carbocycles. The molecule has 4 nitrogen and oxygen atoms in total. The zero-order valence-corrected chi connectivity index (χ0v) is 10.9. The summed E-state index contributed by atoms with van der Waals surface area (Å²) < 4.78 is 0. The van der Waals surface area contributed by atoms with E-state index in [1.807, 2.05) is 12.1 Å². The number of hydrogen-bond acceptors (Lipinski definition) is 3. The van der Waals surface area contributed by atoms with Crippen LogP contribution in [0.2, 0.25) is 5.15 Å². The molecule has 5 heteroatoms. The Balaban J connectivity index is 1.77. The number of carbonyl (C=O) groups is 1. The van der Waals surface area contributed by atoms with Gasteiger partial charge in [0.1, 0.15) is 0 Å². The molecule has 0 aliphatic heterocycles. The zero-order chi connectivity index (χ0) is 13.2. The second-order valence-corrected chi connectivity index (χ2v) is 4.92. The predicted octanol–water partition coefficient (Wildman–Crippen LogP) is 2.87. The van der Waals surface area contributed by atoms with E-state index in [9.17, 15) is 4.79 Å². The van der Waals surface area contributed by atoms with E-state index in [4.69, 9.17) is 11.6 Å². The largest absolute Gasteiger partial charge is 0.321 e. The van der Waals surface area contributed by atoms with Gasteiger partial charge in [-0.1, -0.05) is 17.7 Å². The highest BCUT2D eigenvalue weighted by Crippen LogP contribution is 2.25. The van der Waals surface area contributed by atoms with Crippen molar-refractivity contribution in [1.29, 1.82) is 0 Å². The molecule has 1 aromatic heterocycles. The van der Waals surface area contributed by atoms with Crippen molar-refractivity contribution in [3.8, 4) is 0 Å². The monoisotopic (exact) mass is 273 g/mol. The van der Waals surface area contributed by atoms with Crippen LogP contribution in [0.4, 0.5) is 5.69 Å². The molecule has 3 rings (SSSR count). The number of amides is 1. The molecule has 96 valence electrons. The number of aryl methyl sites for hydroxylation is 2. The fraction of sp³-hybridized carbons (Fsp3) is 0.214. The van der Waals surface area contributed by atoms with Crippen LogP contribution >= 0.6 is 11.6 Å². The minimum atomic E-state index is -0.276. The third-order valence-electron chi connectivity index (χ3n) is 3.22. The highest BCUT2D eigenvalue weighted by molar-refractivity contribution is 6.29. The van der Waals surface area contributed by atoms with Crippen LogP contribution in [-0.2, 0) is 12.8 Å².